The number of oxime groups is 1. The maximum Gasteiger partial charge on any atom is 0.385 e. The average Bonchev–Trinajstić information content (AvgIpc) is 3.18. The zero-order valence-electron chi connectivity index (χ0n) is 15.7. The molecular weight excluding hydrogens is 399 g/mol. The first-order valence-corrected chi connectivity index (χ1v) is 8.95. The van der Waals surface area contributed by atoms with Crippen molar-refractivity contribution in [1.82, 2.24) is 9.78 Å². The summed E-state index contributed by atoms with van der Waals surface area (Å²) >= 11 is 6.14. The standard InChI is InChI=1S/C20H18ClFN4O3/c1-12-9-16(10-13(2)18(12)21)28-11-26-8-7-17(24-26)20(27)29-25-19(23)14-3-5-15(22)6-4-14/h3-10H,11H2,1-2H3,(H2,23,25). The molecule has 0 atom stereocenters. The van der Waals surface area contributed by atoms with Gasteiger partial charge in [-0.1, -0.05) is 16.8 Å². The second-order valence-electron chi connectivity index (χ2n) is 6.25. The van der Waals surface area contributed by atoms with Gasteiger partial charge in [0.2, 0.25) is 0 Å². The largest absolute Gasteiger partial charge is 0.471 e. The zero-order chi connectivity index (χ0) is 21.0. The number of aryl methyl sites for hydroxylation is 2. The SMILES string of the molecule is Cc1cc(OCn2ccc(C(=O)O/N=C(\N)c3ccc(F)cc3)n2)cc(C)c1Cl. The molecule has 29 heavy (non-hydrogen) atoms. The molecule has 1 aromatic heterocycles. The Balaban J connectivity index is 1.59. The van der Waals surface area contributed by atoms with Gasteiger partial charge < -0.3 is 15.3 Å². The van der Waals surface area contributed by atoms with Crippen molar-refractivity contribution in [3.63, 3.8) is 0 Å². The third-order valence-electron chi connectivity index (χ3n) is 3.99. The van der Waals surface area contributed by atoms with E-state index < -0.39 is 11.8 Å². The number of aromatic nitrogens is 2. The van der Waals surface area contributed by atoms with Gasteiger partial charge in [0.25, 0.3) is 0 Å². The van der Waals surface area contributed by atoms with Crippen LogP contribution in [0.15, 0.2) is 53.8 Å². The molecular formula is C20H18ClFN4O3. The highest BCUT2D eigenvalue weighted by Crippen LogP contribution is 2.26. The number of ether oxygens (including phenoxy) is 1. The Kier molecular flexibility index (Phi) is 6.13. The van der Waals surface area contributed by atoms with Crippen molar-refractivity contribution >= 4 is 23.4 Å². The molecule has 0 spiro atoms. The van der Waals surface area contributed by atoms with Crippen LogP contribution in [0.2, 0.25) is 5.02 Å². The van der Waals surface area contributed by atoms with Crippen LogP contribution in [0.5, 0.6) is 5.75 Å². The van der Waals surface area contributed by atoms with Crippen LogP contribution in [0.1, 0.15) is 27.2 Å². The molecule has 2 aromatic carbocycles. The molecule has 0 saturated heterocycles. The van der Waals surface area contributed by atoms with Gasteiger partial charge in [-0.15, -0.1) is 0 Å². The number of nitrogens with two attached hydrogens (primary N) is 1. The number of halogens is 2. The molecule has 0 aliphatic heterocycles. The minimum Gasteiger partial charge on any atom is -0.471 e. The Hall–Kier alpha value is -3.39. The van der Waals surface area contributed by atoms with Gasteiger partial charge in [-0.25, -0.2) is 13.9 Å². The highest BCUT2D eigenvalue weighted by molar-refractivity contribution is 6.32. The predicted octanol–water partition coefficient (Wildman–Crippen LogP) is 3.81. The van der Waals surface area contributed by atoms with Crippen LogP contribution in [0.3, 0.4) is 0 Å². The highest BCUT2D eigenvalue weighted by Gasteiger charge is 2.12. The summed E-state index contributed by atoms with van der Waals surface area (Å²) in [7, 11) is 0. The van der Waals surface area contributed by atoms with Crippen molar-refractivity contribution in [2.24, 2.45) is 10.9 Å². The van der Waals surface area contributed by atoms with Crippen LogP contribution in [-0.2, 0) is 11.6 Å². The van der Waals surface area contributed by atoms with E-state index in [0.29, 0.717) is 16.3 Å². The molecule has 0 saturated carbocycles. The highest BCUT2D eigenvalue weighted by atomic mass is 35.5. The van der Waals surface area contributed by atoms with Gasteiger partial charge in [0.1, 0.15) is 11.6 Å². The number of amidine groups is 1. The molecule has 0 radical (unpaired) electrons. The number of nitrogens with zero attached hydrogens (tertiary/aromatic N) is 3. The second-order valence-corrected chi connectivity index (χ2v) is 6.63. The molecule has 9 heteroatoms. The number of carbonyl (C=O) groups is 1. The average molecular weight is 417 g/mol. The van der Waals surface area contributed by atoms with Crippen molar-refractivity contribution in [3.05, 3.63) is 81.9 Å². The Bertz CT molecular complexity index is 1040. The number of hydrogen-bond acceptors (Lipinski definition) is 5. The Morgan fingerprint density at radius 3 is 2.52 bits per heavy atom. The lowest BCUT2D eigenvalue weighted by Gasteiger charge is -2.09. The fourth-order valence-electron chi connectivity index (χ4n) is 2.48. The fraction of sp³-hybridized carbons (Fsp3) is 0.150. The maximum absolute atomic E-state index is 12.9. The summed E-state index contributed by atoms with van der Waals surface area (Å²) in [6, 6.07) is 10.4. The van der Waals surface area contributed by atoms with Crippen molar-refractivity contribution in [2.75, 3.05) is 0 Å². The van der Waals surface area contributed by atoms with E-state index in [0.717, 1.165) is 11.1 Å². The van der Waals surface area contributed by atoms with E-state index in [1.807, 2.05) is 26.0 Å². The van der Waals surface area contributed by atoms with Crippen molar-refractivity contribution in [1.29, 1.82) is 0 Å². The molecule has 0 aliphatic rings. The monoisotopic (exact) mass is 416 g/mol. The van der Waals surface area contributed by atoms with Crippen molar-refractivity contribution < 1.29 is 18.8 Å². The summed E-state index contributed by atoms with van der Waals surface area (Å²) in [5.74, 6) is -0.613. The molecule has 0 fully saturated rings. The summed E-state index contributed by atoms with van der Waals surface area (Å²) in [5.41, 5.74) is 7.99. The molecule has 7 nitrogen and oxygen atoms in total. The van der Waals surface area contributed by atoms with Crippen LogP contribution in [0.25, 0.3) is 0 Å². The first-order chi connectivity index (χ1) is 13.8. The van der Waals surface area contributed by atoms with Gasteiger partial charge in [0.15, 0.2) is 18.3 Å². The first-order valence-electron chi connectivity index (χ1n) is 8.57. The van der Waals surface area contributed by atoms with E-state index in [1.54, 1.807) is 6.20 Å². The molecule has 150 valence electrons. The van der Waals surface area contributed by atoms with Crippen LogP contribution >= 0.6 is 11.6 Å². The fourth-order valence-corrected chi connectivity index (χ4v) is 2.59. The normalized spacial score (nSPS) is 11.4. The molecule has 3 aromatic rings. The van der Waals surface area contributed by atoms with E-state index in [9.17, 15) is 9.18 Å². The lowest BCUT2D eigenvalue weighted by atomic mass is 10.1. The summed E-state index contributed by atoms with van der Waals surface area (Å²) in [5, 5.41) is 8.34. The molecule has 0 unspecified atom stereocenters. The van der Waals surface area contributed by atoms with E-state index >= 15 is 0 Å². The van der Waals surface area contributed by atoms with Gasteiger partial charge in [-0.3, -0.25) is 0 Å². The summed E-state index contributed by atoms with van der Waals surface area (Å²) in [6.45, 7) is 3.87. The zero-order valence-corrected chi connectivity index (χ0v) is 16.5. The van der Waals surface area contributed by atoms with E-state index in [4.69, 9.17) is 26.9 Å². The lowest BCUT2D eigenvalue weighted by molar-refractivity contribution is 0.0507. The number of rotatable bonds is 6. The minimum atomic E-state index is -0.785. The third kappa shape index (κ3) is 5.11. The summed E-state index contributed by atoms with van der Waals surface area (Å²) in [4.78, 5) is 16.9. The summed E-state index contributed by atoms with van der Waals surface area (Å²) < 4.78 is 20.0. The van der Waals surface area contributed by atoms with Gasteiger partial charge in [0, 0.05) is 16.8 Å². The van der Waals surface area contributed by atoms with Crippen molar-refractivity contribution in [3.8, 4) is 5.75 Å². The topological polar surface area (TPSA) is 91.7 Å². The van der Waals surface area contributed by atoms with Gasteiger partial charge in [-0.05, 0) is 67.4 Å². The van der Waals surface area contributed by atoms with E-state index in [1.165, 1.54) is 35.0 Å². The molecule has 0 bridgehead atoms. The Labute approximate surface area is 171 Å². The van der Waals surface area contributed by atoms with Gasteiger partial charge in [0.05, 0.1) is 0 Å². The lowest BCUT2D eigenvalue weighted by Crippen LogP contribution is -2.15. The number of carbonyl (C=O) groups excluding carboxylic acids is 1. The Morgan fingerprint density at radius 1 is 1.21 bits per heavy atom. The van der Waals surface area contributed by atoms with Gasteiger partial charge >= 0.3 is 5.97 Å². The minimum absolute atomic E-state index is 0.0349. The maximum atomic E-state index is 12.9. The predicted molar refractivity (Wildman–Crippen MR) is 106 cm³/mol. The molecule has 0 amide bonds. The molecule has 3 rings (SSSR count). The second kappa shape index (κ2) is 8.74. The quantitative estimate of drug-likeness (QED) is 0.285. The molecule has 1 heterocycles. The Morgan fingerprint density at radius 2 is 1.86 bits per heavy atom. The van der Waals surface area contributed by atoms with E-state index in [2.05, 4.69) is 10.3 Å². The van der Waals surface area contributed by atoms with Crippen molar-refractivity contribution in [2.45, 2.75) is 20.6 Å². The first kappa shape index (κ1) is 20.3. The van der Waals surface area contributed by atoms with E-state index in [-0.39, 0.29) is 18.3 Å². The smallest absolute Gasteiger partial charge is 0.385 e. The van der Waals surface area contributed by atoms with Gasteiger partial charge in [-0.2, -0.15) is 5.10 Å². The molecule has 2 N–H and O–H groups in total. The van der Waals surface area contributed by atoms with Crippen LogP contribution < -0.4 is 10.5 Å². The van der Waals surface area contributed by atoms with Crippen LogP contribution in [-0.4, -0.2) is 21.6 Å². The van der Waals surface area contributed by atoms with Crippen LogP contribution in [0, 0.1) is 19.7 Å². The van der Waals surface area contributed by atoms with Crippen LogP contribution in [0.4, 0.5) is 4.39 Å². The molecule has 0 aliphatic carbocycles. The third-order valence-corrected chi connectivity index (χ3v) is 4.59. The summed E-state index contributed by atoms with van der Waals surface area (Å²) in [6.07, 6.45) is 1.57. The number of hydrogen-bond donors (Lipinski definition) is 1. The number of benzene rings is 2.